The largest absolute Gasteiger partial charge is 0.445 e. The molecule has 0 unspecified atom stereocenters. The van der Waals surface area contributed by atoms with E-state index in [9.17, 15) is 22.8 Å². The molecule has 3 heterocycles. The summed E-state index contributed by atoms with van der Waals surface area (Å²) in [5, 5.41) is 3.95. The third-order valence-corrected chi connectivity index (χ3v) is 9.45. The number of nitrogens with two attached hydrogens (primary N) is 1. The quantitative estimate of drug-likeness (QED) is 0.372. The summed E-state index contributed by atoms with van der Waals surface area (Å²) in [6.07, 6.45) is 1.70. The van der Waals surface area contributed by atoms with Crippen molar-refractivity contribution in [3.63, 3.8) is 0 Å². The van der Waals surface area contributed by atoms with Gasteiger partial charge in [0.1, 0.15) is 16.3 Å². The number of alkyl halides is 3. The zero-order valence-corrected chi connectivity index (χ0v) is 23.2. The summed E-state index contributed by atoms with van der Waals surface area (Å²) in [5.41, 5.74) is 4.71. The van der Waals surface area contributed by atoms with E-state index in [1.807, 2.05) is 18.2 Å². The number of benzene rings is 1. The fraction of sp³-hybridized carbons (Fsp3) is 0.483. The Morgan fingerprint density at radius 3 is 2.30 bits per heavy atom. The number of thiophene rings is 1. The predicted molar refractivity (Wildman–Crippen MR) is 146 cm³/mol. The second kappa shape index (κ2) is 11.0. The highest BCUT2D eigenvalue weighted by molar-refractivity contribution is 7.17. The first-order valence-corrected chi connectivity index (χ1v) is 14.4. The van der Waals surface area contributed by atoms with Crippen LogP contribution >= 0.6 is 11.3 Å². The van der Waals surface area contributed by atoms with Crippen molar-refractivity contribution >= 4 is 23.2 Å². The van der Waals surface area contributed by atoms with E-state index < -0.39 is 29.3 Å². The van der Waals surface area contributed by atoms with E-state index in [0.717, 1.165) is 54.4 Å². The molecule has 0 bridgehead atoms. The lowest BCUT2D eigenvalue weighted by atomic mass is 9.69. The lowest BCUT2D eigenvalue weighted by Gasteiger charge is -2.51. The first kappa shape index (κ1) is 28.4. The van der Waals surface area contributed by atoms with Crippen LogP contribution < -0.4 is 5.73 Å². The summed E-state index contributed by atoms with van der Waals surface area (Å²) in [6.45, 7) is 2.00. The number of piperidine rings is 1. The van der Waals surface area contributed by atoms with Gasteiger partial charge in [-0.3, -0.25) is 14.4 Å². The van der Waals surface area contributed by atoms with E-state index in [1.54, 1.807) is 0 Å². The van der Waals surface area contributed by atoms with Crippen molar-refractivity contribution in [3.05, 3.63) is 64.7 Å². The molecule has 1 saturated heterocycles. The molecule has 0 spiro atoms. The molecule has 3 aromatic rings. The number of hydrogen-bond acceptors (Lipinski definition) is 6. The van der Waals surface area contributed by atoms with Gasteiger partial charge in [-0.05, 0) is 81.8 Å². The molecule has 2 N–H and O–H groups in total. The van der Waals surface area contributed by atoms with Crippen LogP contribution in [0.25, 0.3) is 10.6 Å². The van der Waals surface area contributed by atoms with E-state index >= 15 is 0 Å². The van der Waals surface area contributed by atoms with Crippen molar-refractivity contribution in [2.75, 3.05) is 13.1 Å². The SMILES string of the molecule is Cn1nc(-c2ccc(C(=O)OC3(C(N)=O)CCC(Cc4ccccc4)(N4CCCCC4)CC3)s2)cc1C(F)(F)F. The van der Waals surface area contributed by atoms with Crippen molar-refractivity contribution in [3.8, 4) is 10.6 Å². The van der Waals surface area contributed by atoms with Crippen LogP contribution in [0.4, 0.5) is 13.2 Å². The zero-order chi connectivity index (χ0) is 28.5. The minimum atomic E-state index is -4.54. The van der Waals surface area contributed by atoms with Gasteiger partial charge in [0.05, 0.1) is 4.88 Å². The molecule has 0 atom stereocenters. The fourth-order valence-electron chi connectivity index (χ4n) is 6.13. The number of primary amides is 1. The minimum absolute atomic E-state index is 0.105. The molecule has 1 saturated carbocycles. The molecule has 11 heteroatoms. The third kappa shape index (κ3) is 5.67. The number of carbonyl (C=O) groups excluding carboxylic acids is 2. The standard InChI is InChI=1S/C29H33F3N4O3S/c1-35-24(29(30,31)32)18-21(34-35)22-10-11-23(40-22)25(37)39-28(26(33)38)14-12-27(13-15-28,36-16-6-3-7-17-36)19-20-8-4-2-5-9-20/h2,4-5,8-11,18H,3,6-7,12-17,19H2,1H3,(H2,33,38). The van der Waals surface area contributed by atoms with Gasteiger partial charge in [-0.1, -0.05) is 36.8 Å². The van der Waals surface area contributed by atoms with E-state index in [-0.39, 0.29) is 16.1 Å². The summed E-state index contributed by atoms with van der Waals surface area (Å²) < 4.78 is 46.2. The fourth-order valence-corrected chi connectivity index (χ4v) is 6.97. The number of ether oxygens (including phenoxy) is 1. The maximum absolute atomic E-state index is 13.2. The van der Waals surface area contributed by atoms with Crippen LogP contribution in [0, 0.1) is 0 Å². The summed E-state index contributed by atoms with van der Waals surface area (Å²) >= 11 is 0.972. The summed E-state index contributed by atoms with van der Waals surface area (Å²) in [7, 11) is 1.22. The second-order valence-electron chi connectivity index (χ2n) is 10.9. The van der Waals surface area contributed by atoms with Gasteiger partial charge < -0.3 is 10.5 Å². The van der Waals surface area contributed by atoms with Crippen molar-refractivity contribution < 1.29 is 27.5 Å². The lowest BCUT2D eigenvalue weighted by Crippen LogP contribution is -2.60. The summed E-state index contributed by atoms with van der Waals surface area (Å²) in [5.74, 6) is -1.39. The number of rotatable bonds is 7. The highest BCUT2D eigenvalue weighted by atomic mass is 32.1. The van der Waals surface area contributed by atoms with Gasteiger partial charge in [0.15, 0.2) is 5.60 Å². The average molecular weight is 575 g/mol. The van der Waals surface area contributed by atoms with Gasteiger partial charge in [0.25, 0.3) is 5.91 Å². The van der Waals surface area contributed by atoms with Crippen LogP contribution in [0.1, 0.15) is 65.9 Å². The number of esters is 1. The highest BCUT2D eigenvalue weighted by Crippen LogP contribution is 2.44. The molecule has 2 aliphatic rings. The summed E-state index contributed by atoms with van der Waals surface area (Å²) in [6, 6.07) is 14.3. The number of hydrogen-bond donors (Lipinski definition) is 1. The molecule has 40 heavy (non-hydrogen) atoms. The molecule has 5 rings (SSSR count). The molecule has 1 aromatic carbocycles. The van der Waals surface area contributed by atoms with E-state index in [0.29, 0.717) is 30.6 Å². The average Bonchev–Trinajstić information content (AvgIpc) is 3.58. The minimum Gasteiger partial charge on any atom is -0.445 e. The van der Waals surface area contributed by atoms with E-state index in [4.69, 9.17) is 10.5 Å². The first-order valence-electron chi connectivity index (χ1n) is 13.6. The number of aryl methyl sites for hydroxylation is 1. The Kier molecular flexibility index (Phi) is 7.80. The van der Waals surface area contributed by atoms with E-state index in [2.05, 4.69) is 22.1 Å². The van der Waals surface area contributed by atoms with Crippen LogP contribution in [0.5, 0.6) is 0 Å². The highest BCUT2D eigenvalue weighted by Gasteiger charge is 2.51. The monoisotopic (exact) mass is 574 g/mol. The Bertz CT molecular complexity index is 1350. The van der Waals surface area contributed by atoms with E-state index in [1.165, 1.54) is 31.2 Å². The van der Waals surface area contributed by atoms with Gasteiger partial charge in [0.2, 0.25) is 0 Å². The van der Waals surface area contributed by atoms with Gasteiger partial charge in [0, 0.05) is 12.6 Å². The molecule has 7 nitrogen and oxygen atoms in total. The number of amides is 1. The number of carbonyl (C=O) groups is 2. The molecule has 1 aliphatic heterocycles. The van der Waals surface area contributed by atoms with Gasteiger partial charge >= 0.3 is 12.1 Å². The Hall–Kier alpha value is -3.18. The van der Waals surface area contributed by atoms with Gasteiger partial charge in [-0.15, -0.1) is 11.3 Å². The number of aromatic nitrogens is 2. The number of halogens is 3. The zero-order valence-electron chi connectivity index (χ0n) is 22.4. The molecule has 1 aliphatic carbocycles. The lowest BCUT2D eigenvalue weighted by molar-refractivity contribution is -0.145. The number of nitrogens with zero attached hydrogens (tertiary/aromatic N) is 3. The van der Waals surface area contributed by atoms with Crippen molar-refractivity contribution in [2.45, 2.75) is 68.7 Å². The van der Waals surface area contributed by atoms with Crippen LogP contribution in [0.2, 0.25) is 0 Å². The molecule has 0 radical (unpaired) electrons. The topological polar surface area (TPSA) is 90.5 Å². The van der Waals surface area contributed by atoms with Gasteiger partial charge in [-0.2, -0.15) is 18.3 Å². The summed E-state index contributed by atoms with van der Waals surface area (Å²) in [4.78, 5) is 29.1. The molecule has 2 aromatic heterocycles. The second-order valence-corrected chi connectivity index (χ2v) is 12.0. The van der Waals surface area contributed by atoms with Crippen LogP contribution in [0.3, 0.4) is 0 Å². The Morgan fingerprint density at radius 1 is 1.02 bits per heavy atom. The molecule has 2 fully saturated rings. The smallest absolute Gasteiger partial charge is 0.433 e. The van der Waals surface area contributed by atoms with Crippen LogP contribution in [-0.2, 0) is 29.2 Å². The Labute approximate surface area is 235 Å². The van der Waals surface area contributed by atoms with Crippen molar-refractivity contribution in [1.29, 1.82) is 0 Å². The first-order chi connectivity index (χ1) is 19.0. The molecule has 214 valence electrons. The Balaban J connectivity index is 1.34. The maximum Gasteiger partial charge on any atom is 0.433 e. The normalized spacial score (nSPS) is 24.1. The van der Waals surface area contributed by atoms with Crippen LogP contribution in [-0.4, -0.2) is 50.8 Å². The molecular formula is C29H33F3N4O3S. The maximum atomic E-state index is 13.2. The van der Waals surface area contributed by atoms with Crippen molar-refractivity contribution in [1.82, 2.24) is 14.7 Å². The molecular weight excluding hydrogens is 541 g/mol. The number of likely N-dealkylation sites (tertiary alicyclic amines) is 1. The van der Waals surface area contributed by atoms with Crippen LogP contribution in [0.15, 0.2) is 48.5 Å². The third-order valence-electron chi connectivity index (χ3n) is 8.36. The predicted octanol–water partition coefficient (Wildman–Crippen LogP) is 5.59. The molecule has 1 amide bonds. The van der Waals surface area contributed by atoms with Gasteiger partial charge in [-0.25, -0.2) is 4.79 Å². The van der Waals surface area contributed by atoms with Crippen molar-refractivity contribution in [2.24, 2.45) is 12.8 Å². The Morgan fingerprint density at radius 2 is 1.70 bits per heavy atom.